The Balaban J connectivity index is 1.02. The number of benzene rings is 11. The number of hydrogen-bond acceptors (Lipinski definition) is 4. The van der Waals surface area contributed by atoms with Crippen molar-refractivity contribution in [2.24, 2.45) is 0 Å². The zero-order chi connectivity index (χ0) is 40.7. The minimum Gasteiger partial charge on any atom is -0.456 e. The Kier molecular flexibility index (Phi) is 7.57. The maximum atomic E-state index is 6.98. The summed E-state index contributed by atoms with van der Waals surface area (Å²) in [4.78, 5) is 4.68. The summed E-state index contributed by atoms with van der Waals surface area (Å²) in [6, 6.07) is 77.9. The van der Waals surface area contributed by atoms with Crippen LogP contribution < -0.4 is 14.5 Å². The third-order valence-electron chi connectivity index (χ3n) is 12.6. The molecule has 0 amide bonds. The molecule has 0 bridgehead atoms. The van der Waals surface area contributed by atoms with Crippen LogP contribution in [0.15, 0.2) is 223 Å². The van der Waals surface area contributed by atoms with Gasteiger partial charge in [0.05, 0.1) is 17.1 Å². The molecule has 1 aromatic heterocycles. The van der Waals surface area contributed by atoms with E-state index < -0.39 is 0 Å². The highest BCUT2D eigenvalue weighted by Gasteiger charge is 2.27. The molecule has 4 nitrogen and oxygen atoms in total. The van der Waals surface area contributed by atoms with E-state index in [9.17, 15) is 0 Å². The summed E-state index contributed by atoms with van der Waals surface area (Å²) in [6.07, 6.45) is 0. The number of nitrogens with zero attached hydrogens (tertiary/aromatic N) is 2. The van der Waals surface area contributed by atoms with Gasteiger partial charge in [0.25, 0.3) is 0 Å². The van der Waals surface area contributed by atoms with Gasteiger partial charge in [0.1, 0.15) is 17.1 Å². The Morgan fingerprint density at radius 2 is 0.919 bits per heavy atom. The number of anilines is 6. The van der Waals surface area contributed by atoms with E-state index in [4.69, 9.17) is 9.15 Å². The van der Waals surface area contributed by atoms with Crippen LogP contribution in [0, 0.1) is 0 Å². The summed E-state index contributed by atoms with van der Waals surface area (Å²) in [5.41, 5.74) is 10.2. The predicted octanol–water partition coefficient (Wildman–Crippen LogP) is 16.9. The molecule has 0 unspecified atom stereocenters. The molecule has 1 aliphatic heterocycles. The molecule has 0 saturated carbocycles. The van der Waals surface area contributed by atoms with Crippen molar-refractivity contribution in [3.8, 4) is 22.6 Å². The average Bonchev–Trinajstić information content (AvgIpc) is 3.72. The van der Waals surface area contributed by atoms with Crippen molar-refractivity contribution in [2.75, 3.05) is 9.80 Å². The van der Waals surface area contributed by atoms with Gasteiger partial charge < -0.3 is 19.0 Å². The van der Waals surface area contributed by atoms with E-state index in [-0.39, 0.29) is 0 Å². The standard InChI is InChI=1S/C58H36N2O2/c1-3-17-39(18-4-1)59(52-26-13-25-48-45-23-11-12-27-54(45)62-58(48)52)42-31-32-46-51-35-49-43-21-9-10-22-44(43)53(36-50(49)47-24-14-28-55(57(47)51)61-56(46)34-42)60(40-19-5-2-6-20-40)41-30-29-37-15-7-8-16-38(37)33-41/h1-36H. The van der Waals surface area contributed by atoms with Gasteiger partial charge in [-0.1, -0.05) is 133 Å². The molecule has 4 heteroatoms. The average molecular weight is 793 g/mol. The second kappa shape index (κ2) is 13.6. The maximum Gasteiger partial charge on any atom is 0.159 e. The van der Waals surface area contributed by atoms with Gasteiger partial charge in [-0.05, 0) is 117 Å². The van der Waals surface area contributed by atoms with E-state index >= 15 is 0 Å². The predicted molar refractivity (Wildman–Crippen MR) is 259 cm³/mol. The van der Waals surface area contributed by atoms with Gasteiger partial charge in [-0.2, -0.15) is 0 Å². The second-order valence-electron chi connectivity index (χ2n) is 16.0. The molecule has 1 aliphatic rings. The van der Waals surface area contributed by atoms with Crippen molar-refractivity contribution in [1.29, 1.82) is 0 Å². The number of ether oxygens (including phenoxy) is 1. The molecule has 0 radical (unpaired) electrons. The molecule has 290 valence electrons. The first-order chi connectivity index (χ1) is 30.7. The van der Waals surface area contributed by atoms with E-state index in [1.807, 2.05) is 12.1 Å². The number of rotatable bonds is 6. The fourth-order valence-corrected chi connectivity index (χ4v) is 9.80. The first-order valence-electron chi connectivity index (χ1n) is 21.1. The molecule has 0 atom stereocenters. The smallest absolute Gasteiger partial charge is 0.159 e. The Labute approximate surface area is 357 Å². The third kappa shape index (κ3) is 5.27. The molecule has 2 heterocycles. The minimum absolute atomic E-state index is 0.812. The van der Waals surface area contributed by atoms with Gasteiger partial charge >= 0.3 is 0 Å². The fourth-order valence-electron chi connectivity index (χ4n) is 9.80. The Bertz CT molecular complexity index is 3740. The lowest BCUT2D eigenvalue weighted by Crippen LogP contribution is -2.11. The summed E-state index contributed by atoms with van der Waals surface area (Å²) in [6.45, 7) is 0. The van der Waals surface area contributed by atoms with Crippen molar-refractivity contribution in [3.05, 3.63) is 218 Å². The molecular formula is C58H36N2O2. The third-order valence-corrected chi connectivity index (χ3v) is 12.6. The summed E-state index contributed by atoms with van der Waals surface area (Å²) in [5, 5.41) is 11.6. The summed E-state index contributed by atoms with van der Waals surface area (Å²) < 4.78 is 13.6. The van der Waals surface area contributed by atoms with Gasteiger partial charge in [-0.3, -0.25) is 0 Å². The van der Waals surface area contributed by atoms with Crippen molar-refractivity contribution in [3.63, 3.8) is 0 Å². The Morgan fingerprint density at radius 3 is 1.74 bits per heavy atom. The molecule has 0 aliphatic carbocycles. The van der Waals surface area contributed by atoms with Crippen molar-refractivity contribution in [2.45, 2.75) is 0 Å². The topological polar surface area (TPSA) is 28.9 Å². The lowest BCUT2D eigenvalue weighted by Gasteiger charge is -2.29. The number of para-hydroxylation sites is 4. The molecular weight excluding hydrogens is 757 g/mol. The van der Waals surface area contributed by atoms with Crippen molar-refractivity contribution >= 4 is 99.2 Å². The summed E-state index contributed by atoms with van der Waals surface area (Å²) in [5.74, 6) is 1.66. The van der Waals surface area contributed by atoms with Crippen LogP contribution in [0.3, 0.4) is 0 Å². The number of furan rings is 1. The summed E-state index contributed by atoms with van der Waals surface area (Å²) in [7, 11) is 0. The Morgan fingerprint density at radius 1 is 0.306 bits per heavy atom. The van der Waals surface area contributed by atoms with Crippen LogP contribution in [-0.4, -0.2) is 0 Å². The summed E-state index contributed by atoms with van der Waals surface area (Å²) >= 11 is 0. The van der Waals surface area contributed by atoms with Crippen LogP contribution in [-0.2, 0) is 0 Å². The van der Waals surface area contributed by atoms with E-state index in [0.717, 1.165) is 89.5 Å². The molecule has 0 N–H and O–H groups in total. The molecule has 0 spiro atoms. The van der Waals surface area contributed by atoms with Gasteiger partial charge in [-0.15, -0.1) is 0 Å². The monoisotopic (exact) mass is 792 g/mol. The van der Waals surface area contributed by atoms with Gasteiger partial charge in [-0.25, -0.2) is 0 Å². The van der Waals surface area contributed by atoms with Crippen LogP contribution in [0.25, 0.3) is 76.2 Å². The quantitative estimate of drug-likeness (QED) is 0.157. The van der Waals surface area contributed by atoms with E-state index in [0.29, 0.717) is 0 Å². The second-order valence-corrected chi connectivity index (χ2v) is 16.0. The molecule has 0 fully saturated rings. The van der Waals surface area contributed by atoms with Crippen LogP contribution >= 0.6 is 0 Å². The normalized spacial score (nSPS) is 12.0. The molecule has 62 heavy (non-hydrogen) atoms. The van der Waals surface area contributed by atoms with Crippen LogP contribution in [0.5, 0.6) is 11.5 Å². The first-order valence-corrected chi connectivity index (χ1v) is 21.1. The van der Waals surface area contributed by atoms with Gasteiger partial charge in [0, 0.05) is 50.2 Å². The highest BCUT2D eigenvalue weighted by atomic mass is 16.5. The fraction of sp³-hybridized carbons (Fsp3) is 0. The largest absolute Gasteiger partial charge is 0.456 e. The van der Waals surface area contributed by atoms with Crippen molar-refractivity contribution < 1.29 is 9.15 Å². The maximum absolute atomic E-state index is 6.98. The van der Waals surface area contributed by atoms with Crippen LogP contribution in [0.2, 0.25) is 0 Å². The lowest BCUT2D eigenvalue weighted by molar-refractivity contribution is 0.487. The minimum atomic E-state index is 0.812. The molecule has 0 saturated heterocycles. The van der Waals surface area contributed by atoms with E-state index in [1.165, 1.54) is 32.3 Å². The van der Waals surface area contributed by atoms with E-state index in [2.05, 4.69) is 216 Å². The highest BCUT2D eigenvalue weighted by Crippen LogP contribution is 2.53. The zero-order valence-corrected chi connectivity index (χ0v) is 33.5. The van der Waals surface area contributed by atoms with E-state index in [1.54, 1.807) is 0 Å². The van der Waals surface area contributed by atoms with Crippen molar-refractivity contribution in [1.82, 2.24) is 0 Å². The van der Waals surface area contributed by atoms with Crippen LogP contribution in [0.4, 0.5) is 34.1 Å². The first kappa shape index (κ1) is 34.5. The Hall–Kier alpha value is -8.34. The van der Waals surface area contributed by atoms with Gasteiger partial charge in [0.15, 0.2) is 5.58 Å². The van der Waals surface area contributed by atoms with Gasteiger partial charge in [0.2, 0.25) is 0 Å². The zero-order valence-electron chi connectivity index (χ0n) is 33.5. The lowest BCUT2D eigenvalue weighted by atomic mass is 9.88. The van der Waals surface area contributed by atoms with Crippen LogP contribution in [0.1, 0.15) is 0 Å². The molecule has 13 rings (SSSR count). The SMILES string of the molecule is c1ccc(N(c2ccc3ccccc3c2)c2cc3c4cccc5c4c(cc3c3ccccc23)-c2ccc(N(c3ccccc3)c3cccc4c3oc3ccccc34)cc2O5)cc1. The number of hydrogen-bond donors (Lipinski definition) is 0. The highest BCUT2D eigenvalue weighted by molar-refractivity contribution is 6.26. The molecule has 12 aromatic rings. The number of fused-ring (bicyclic) bond motifs is 10. The molecule has 11 aromatic carbocycles.